The topological polar surface area (TPSA) is 85.2 Å². The van der Waals surface area contributed by atoms with Crippen molar-refractivity contribution in [3.63, 3.8) is 0 Å². The summed E-state index contributed by atoms with van der Waals surface area (Å²) in [6.45, 7) is 11.8. The highest BCUT2D eigenvalue weighted by Gasteiger charge is 2.21. The Labute approximate surface area is 263 Å². The number of aromatic hydroxyl groups is 3. The summed E-state index contributed by atoms with van der Waals surface area (Å²) in [6, 6.07) is 30.2. The second kappa shape index (κ2) is 16.2. The molecule has 0 aliphatic heterocycles. The normalized spacial score (nSPS) is 12.2. The highest BCUT2D eigenvalue weighted by atomic mass is 16.5. The molecule has 0 spiro atoms. The van der Waals surface area contributed by atoms with Gasteiger partial charge in [-0.1, -0.05) is 54.6 Å². The first-order chi connectivity index (χ1) is 21.2. The van der Waals surface area contributed by atoms with Crippen molar-refractivity contribution in [1.29, 1.82) is 0 Å². The van der Waals surface area contributed by atoms with Crippen molar-refractivity contribution in [2.45, 2.75) is 71.5 Å². The molecule has 0 saturated heterocycles. The van der Waals surface area contributed by atoms with Crippen molar-refractivity contribution in [3.05, 3.63) is 119 Å². The zero-order chi connectivity index (χ0) is 31.5. The average Bonchev–Trinajstić information content (AvgIpc) is 2.99. The maximum absolute atomic E-state index is 11.0. The highest BCUT2D eigenvalue weighted by Crippen LogP contribution is 2.35. The molecule has 0 unspecified atom stereocenters. The van der Waals surface area contributed by atoms with Crippen molar-refractivity contribution < 1.29 is 20.1 Å². The first kappa shape index (κ1) is 32.9. The molecule has 0 bridgehead atoms. The minimum atomic E-state index is 0.0647. The van der Waals surface area contributed by atoms with Gasteiger partial charge in [-0.15, -0.1) is 0 Å². The lowest BCUT2D eigenvalue weighted by Crippen LogP contribution is -2.38. The molecule has 4 N–H and O–H groups in total. The van der Waals surface area contributed by atoms with Gasteiger partial charge in [0, 0.05) is 42.6 Å². The smallest absolute Gasteiger partial charge is 0.119 e. The SMILES string of the molecule is CC(C)N(CC[C@H](c1ccccc1)c1cc(CCOc2ccc(CCNCc3cc(O)cc(O)c3)cc2)ccc1O)C(C)C. The van der Waals surface area contributed by atoms with Crippen LogP contribution >= 0.6 is 0 Å². The number of phenols is 3. The zero-order valence-electron chi connectivity index (χ0n) is 26.5. The number of rotatable bonds is 16. The molecule has 4 aromatic rings. The maximum atomic E-state index is 11.0. The molecule has 0 saturated carbocycles. The van der Waals surface area contributed by atoms with Crippen molar-refractivity contribution in [2.24, 2.45) is 0 Å². The fourth-order valence-electron chi connectivity index (χ4n) is 5.88. The Bertz CT molecular complexity index is 1410. The summed E-state index contributed by atoms with van der Waals surface area (Å²) in [5.41, 5.74) is 5.38. The van der Waals surface area contributed by atoms with Gasteiger partial charge in [0.1, 0.15) is 23.0 Å². The predicted molar refractivity (Wildman–Crippen MR) is 179 cm³/mol. The largest absolute Gasteiger partial charge is 0.508 e. The van der Waals surface area contributed by atoms with Crippen LogP contribution in [0.1, 0.15) is 67.9 Å². The van der Waals surface area contributed by atoms with Gasteiger partial charge >= 0.3 is 0 Å². The van der Waals surface area contributed by atoms with E-state index in [1.54, 1.807) is 12.1 Å². The van der Waals surface area contributed by atoms with Crippen molar-refractivity contribution in [3.8, 4) is 23.0 Å². The summed E-state index contributed by atoms with van der Waals surface area (Å²) >= 11 is 0. The Morgan fingerprint density at radius 1 is 0.705 bits per heavy atom. The summed E-state index contributed by atoms with van der Waals surface area (Å²) in [6.07, 6.45) is 2.53. The third-order valence-electron chi connectivity index (χ3n) is 8.14. The van der Waals surface area contributed by atoms with Crippen molar-refractivity contribution in [1.82, 2.24) is 10.2 Å². The Balaban J connectivity index is 1.31. The average molecular weight is 597 g/mol. The molecule has 4 aromatic carbocycles. The minimum absolute atomic E-state index is 0.0647. The van der Waals surface area contributed by atoms with Crippen LogP contribution in [0, 0.1) is 0 Å². The number of nitrogens with one attached hydrogen (secondary N) is 1. The quantitative estimate of drug-likeness (QED) is 0.101. The Hall–Kier alpha value is -4.00. The summed E-state index contributed by atoms with van der Waals surface area (Å²) in [7, 11) is 0. The first-order valence-electron chi connectivity index (χ1n) is 15.8. The van der Waals surface area contributed by atoms with E-state index in [4.69, 9.17) is 4.74 Å². The van der Waals surface area contributed by atoms with Gasteiger partial charge in [0.2, 0.25) is 0 Å². The highest BCUT2D eigenvalue weighted by molar-refractivity contribution is 5.44. The van der Waals surface area contributed by atoms with Crippen LogP contribution in [0.4, 0.5) is 0 Å². The predicted octanol–water partition coefficient (Wildman–Crippen LogP) is 7.40. The van der Waals surface area contributed by atoms with E-state index in [0.29, 0.717) is 31.0 Å². The fourth-order valence-corrected chi connectivity index (χ4v) is 5.88. The molecule has 6 nitrogen and oxygen atoms in total. The molecule has 1 atom stereocenters. The zero-order valence-corrected chi connectivity index (χ0v) is 26.5. The van der Waals surface area contributed by atoms with Gasteiger partial charge in [0.25, 0.3) is 0 Å². The third-order valence-corrected chi connectivity index (χ3v) is 8.14. The van der Waals surface area contributed by atoms with Gasteiger partial charge < -0.3 is 25.4 Å². The Morgan fingerprint density at radius 2 is 1.36 bits per heavy atom. The van der Waals surface area contributed by atoms with E-state index in [2.05, 4.69) is 80.4 Å². The molecule has 0 heterocycles. The second-order valence-electron chi connectivity index (χ2n) is 12.1. The third kappa shape index (κ3) is 9.76. The number of hydrogen-bond acceptors (Lipinski definition) is 6. The molecule has 0 fully saturated rings. The lowest BCUT2D eigenvalue weighted by molar-refractivity contribution is 0.170. The van der Waals surface area contributed by atoms with E-state index in [1.807, 2.05) is 30.3 Å². The molecular weight excluding hydrogens is 548 g/mol. The van der Waals surface area contributed by atoms with Crippen LogP contribution in [0.25, 0.3) is 0 Å². The van der Waals surface area contributed by atoms with Gasteiger partial charge in [-0.25, -0.2) is 0 Å². The first-order valence-corrected chi connectivity index (χ1v) is 15.8. The number of phenolic OH excluding ortho intramolecular Hbond substituents is 3. The van der Waals surface area contributed by atoms with Crippen molar-refractivity contribution >= 4 is 0 Å². The van der Waals surface area contributed by atoms with Crippen LogP contribution in [-0.4, -0.2) is 52.0 Å². The van der Waals surface area contributed by atoms with Crippen LogP contribution in [0.15, 0.2) is 91.0 Å². The van der Waals surface area contributed by atoms with Gasteiger partial charge in [0.15, 0.2) is 0 Å². The van der Waals surface area contributed by atoms with E-state index in [1.165, 1.54) is 17.2 Å². The minimum Gasteiger partial charge on any atom is -0.508 e. The molecule has 234 valence electrons. The van der Waals surface area contributed by atoms with E-state index >= 15 is 0 Å². The lowest BCUT2D eigenvalue weighted by atomic mass is 9.86. The molecule has 0 radical (unpaired) electrons. The molecule has 0 aliphatic rings. The van der Waals surface area contributed by atoms with E-state index in [0.717, 1.165) is 54.8 Å². The summed E-state index contributed by atoms with van der Waals surface area (Å²) < 4.78 is 6.09. The lowest BCUT2D eigenvalue weighted by Gasteiger charge is -2.32. The Morgan fingerprint density at radius 3 is 2.02 bits per heavy atom. The van der Waals surface area contributed by atoms with Crippen molar-refractivity contribution in [2.75, 3.05) is 19.7 Å². The van der Waals surface area contributed by atoms with Gasteiger partial charge in [-0.2, -0.15) is 0 Å². The van der Waals surface area contributed by atoms with Crippen LogP contribution in [0.5, 0.6) is 23.0 Å². The number of ether oxygens (including phenoxy) is 1. The maximum Gasteiger partial charge on any atom is 0.119 e. The molecule has 44 heavy (non-hydrogen) atoms. The molecule has 0 aromatic heterocycles. The Kier molecular flexibility index (Phi) is 12.1. The molecular formula is C38H48N2O4. The summed E-state index contributed by atoms with van der Waals surface area (Å²) in [5.74, 6) is 1.41. The number of nitrogens with zero attached hydrogens (tertiary/aromatic N) is 1. The van der Waals surface area contributed by atoms with Crippen LogP contribution in [0.3, 0.4) is 0 Å². The van der Waals surface area contributed by atoms with Gasteiger partial charge in [0.05, 0.1) is 6.61 Å². The van der Waals surface area contributed by atoms with Gasteiger partial charge in [-0.05, 0) is 106 Å². The van der Waals surface area contributed by atoms with Crippen LogP contribution < -0.4 is 10.1 Å². The van der Waals surface area contributed by atoms with Crippen LogP contribution in [-0.2, 0) is 19.4 Å². The van der Waals surface area contributed by atoms with E-state index < -0.39 is 0 Å². The summed E-state index contributed by atoms with van der Waals surface area (Å²) in [4.78, 5) is 2.51. The standard InChI is InChI=1S/C38H48N2O4/c1-27(2)40(28(3)4)20-17-36(32-8-6-5-7-9-32)37-24-30(12-15-38(37)43)18-21-44-35-13-10-29(11-14-35)16-19-39-26-31-22-33(41)25-34(42)23-31/h5-15,22-25,27-28,36,39,41-43H,16-21,26H2,1-4H3/t36-/m1/s1. The molecule has 0 amide bonds. The van der Waals surface area contributed by atoms with Gasteiger partial charge in [-0.3, -0.25) is 4.90 Å². The van der Waals surface area contributed by atoms with Crippen LogP contribution in [0.2, 0.25) is 0 Å². The molecule has 4 rings (SSSR count). The number of hydrogen-bond donors (Lipinski definition) is 4. The fraction of sp³-hybridized carbons (Fsp3) is 0.368. The number of benzene rings is 4. The second-order valence-corrected chi connectivity index (χ2v) is 12.1. The molecule has 6 heteroatoms. The molecule has 0 aliphatic carbocycles. The van der Waals surface area contributed by atoms with E-state index in [9.17, 15) is 15.3 Å². The summed E-state index contributed by atoms with van der Waals surface area (Å²) in [5, 5.41) is 33.6. The monoisotopic (exact) mass is 596 g/mol. The van der Waals surface area contributed by atoms with E-state index in [-0.39, 0.29) is 17.4 Å².